The van der Waals surface area contributed by atoms with Gasteiger partial charge >= 0.3 is 0 Å². The minimum Gasteiger partial charge on any atom is -0.326 e. The molecule has 1 aliphatic heterocycles. The molecule has 0 spiro atoms. The van der Waals surface area contributed by atoms with Crippen LogP contribution in [0.5, 0.6) is 0 Å². The van der Waals surface area contributed by atoms with Crippen LogP contribution in [-0.4, -0.2) is 16.7 Å². The number of carbonyl (C=O) groups excluding carboxylic acids is 2. The molecule has 0 unspecified atom stereocenters. The number of rotatable bonds is 3. The van der Waals surface area contributed by atoms with Crippen molar-refractivity contribution in [3.63, 3.8) is 0 Å². The average molecular weight is 264 g/mol. The number of imide groups is 1. The van der Waals surface area contributed by atoms with Crippen LogP contribution in [0, 0.1) is 11.2 Å². The van der Waals surface area contributed by atoms with E-state index in [0.717, 1.165) is 10.5 Å². The number of likely N-dealkylation sites (tertiary alicyclic amines) is 1. The van der Waals surface area contributed by atoms with Crippen LogP contribution >= 0.6 is 0 Å². The van der Waals surface area contributed by atoms with E-state index in [2.05, 4.69) is 0 Å². The van der Waals surface area contributed by atoms with Crippen molar-refractivity contribution < 1.29 is 14.0 Å². The molecule has 0 aliphatic carbocycles. The van der Waals surface area contributed by atoms with E-state index >= 15 is 0 Å². The van der Waals surface area contributed by atoms with Gasteiger partial charge in [0.15, 0.2) is 0 Å². The van der Waals surface area contributed by atoms with Gasteiger partial charge in [-0.2, -0.15) is 0 Å². The molecule has 19 heavy (non-hydrogen) atoms. The SMILES string of the molecule is CC1(C)CC(=O)N(Cc2cc(CN)ccc2F)C1=O. The Bertz CT molecular complexity index is 540. The Morgan fingerprint density at radius 3 is 2.58 bits per heavy atom. The Morgan fingerprint density at radius 2 is 2.05 bits per heavy atom. The third kappa shape index (κ3) is 2.51. The molecule has 0 aromatic heterocycles. The fourth-order valence-corrected chi connectivity index (χ4v) is 2.23. The number of halogens is 1. The first-order chi connectivity index (χ1) is 8.85. The van der Waals surface area contributed by atoms with E-state index in [1.165, 1.54) is 6.07 Å². The van der Waals surface area contributed by atoms with Crippen LogP contribution in [0.25, 0.3) is 0 Å². The van der Waals surface area contributed by atoms with Gasteiger partial charge < -0.3 is 5.73 Å². The Labute approximate surface area is 111 Å². The van der Waals surface area contributed by atoms with E-state index in [0.29, 0.717) is 12.1 Å². The van der Waals surface area contributed by atoms with Crippen LogP contribution in [0.3, 0.4) is 0 Å². The molecule has 1 aromatic carbocycles. The van der Waals surface area contributed by atoms with Gasteiger partial charge in [-0.15, -0.1) is 0 Å². The van der Waals surface area contributed by atoms with Crippen molar-refractivity contribution in [2.75, 3.05) is 0 Å². The normalized spacial score (nSPS) is 18.2. The summed E-state index contributed by atoms with van der Waals surface area (Å²) >= 11 is 0. The summed E-state index contributed by atoms with van der Waals surface area (Å²) in [7, 11) is 0. The smallest absolute Gasteiger partial charge is 0.235 e. The zero-order valence-electron chi connectivity index (χ0n) is 11.1. The van der Waals surface area contributed by atoms with Crippen LogP contribution in [0.2, 0.25) is 0 Å². The molecule has 1 aromatic rings. The quantitative estimate of drug-likeness (QED) is 0.843. The van der Waals surface area contributed by atoms with Crippen molar-refractivity contribution in [1.82, 2.24) is 4.90 Å². The second-order valence-electron chi connectivity index (χ2n) is 5.48. The topological polar surface area (TPSA) is 63.4 Å². The Balaban J connectivity index is 2.27. The highest BCUT2D eigenvalue weighted by Crippen LogP contribution is 2.32. The van der Waals surface area contributed by atoms with Gasteiger partial charge in [0, 0.05) is 18.5 Å². The van der Waals surface area contributed by atoms with Gasteiger partial charge in [0.25, 0.3) is 0 Å². The summed E-state index contributed by atoms with van der Waals surface area (Å²) in [6.07, 6.45) is 0.171. The molecule has 2 N–H and O–H groups in total. The summed E-state index contributed by atoms with van der Waals surface area (Å²) < 4.78 is 13.7. The van der Waals surface area contributed by atoms with Crippen molar-refractivity contribution in [2.45, 2.75) is 33.4 Å². The highest BCUT2D eigenvalue weighted by molar-refractivity contribution is 6.05. The lowest BCUT2D eigenvalue weighted by molar-refractivity contribution is -0.141. The van der Waals surface area contributed by atoms with Gasteiger partial charge in [-0.05, 0) is 17.7 Å². The Hall–Kier alpha value is -1.75. The predicted molar refractivity (Wildman–Crippen MR) is 68.2 cm³/mol. The monoisotopic (exact) mass is 264 g/mol. The van der Waals surface area contributed by atoms with E-state index in [4.69, 9.17) is 5.73 Å². The lowest BCUT2D eigenvalue weighted by Gasteiger charge is -2.18. The zero-order valence-corrected chi connectivity index (χ0v) is 11.1. The van der Waals surface area contributed by atoms with Crippen molar-refractivity contribution in [2.24, 2.45) is 11.1 Å². The molecule has 0 atom stereocenters. The number of carbonyl (C=O) groups is 2. The maximum absolute atomic E-state index is 13.7. The molecule has 1 fully saturated rings. The molecule has 1 saturated heterocycles. The molecule has 5 heteroatoms. The number of nitrogens with zero attached hydrogens (tertiary/aromatic N) is 1. The maximum atomic E-state index is 13.7. The van der Waals surface area contributed by atoms with Crippen molar-refractivity contribution in [3.05, 3.63) is 35.1 Å². The van der Waals surface area contributed by atoms with Crippen molar-refractivity contribution in [3.8, 4) is 0 Å². The van der Waals surface area contributed by atoms with Gasteiger partial charge in [-0.3, -0.25) is 14.5 Å². The zero-order chi connectivity index (χ0) is 14.2. The molecule has 1 heterocycles. The number of hydrogen-bond donors (Lipinski definition) is 1. The standard InChI is InChI=1S/C14H17FN2O2/c1-14(2)6-12(18)17(13(14)19)8-10-5-9(7-16)3-4-11(10)15/h3-5H,6-8,16H2,1-2H3. The average Bonchev–Trinajstić information content (AvgIpc) is 2.54. The second-order valence-corrected chi connectivity index (χ2v) is 5.48. The summed E-state index contributed by atoms with van der Waals surface area (Å²) in [5, 5.41) is 0. The number of amides is 2. The molecule has 2 rings (SSSR count). The first kappa shape index (κ1) is 13.7. The van der Waals surface area contributed by atoms with Crippen molar-refractivity contribution in [1.29, 1.82) is 0 Å². The van der Waals surface area contributed by atoms with Crippen LogP contribution in [-0.2, 0) is 22.7 Å². The van der Waals surface area contributed by atoms with Gasteiger partial charge in [0.1, 0.15) is 5.82 Å². The first-order valence-corrected chi connectivity index (χ1v) is 6.17. The largest absolute Gasteiger partial charge is 0.326 e. The number of nitrogens with two attached hydrogens (primary N) is 1. The molecule has 102 valence electrons. The summed E-state index contributed by atoms with van der Waals surface area (Å²) in [5.74, 6) is -0.940. The van der Waals surface area contributed by atoms with Gasteiger partial charge in [0.2, 0.25) is 11.8 Å². The van der Waals surface area contributed by atoms with E-state index in [1.54, 1.807) is 26.0 Å². The molecule has 2 amide bonds. The number of benzene rings is 1. The summed E-state index contributed by atoms with van der Waals surface area (Å²) in [4.78, 5) is 25.0. The lowest BCUT2D eigenvalue weighted by Crippen LogP contribution is -2.32. The van der Waals surface area contributed by atoms with Crippen LogP contribution in [0.1, 0.15) is 31.4 Å². The summed E-state index contributed by atoms with van der Waals surface area (Å²) in [6, 6.07) is 4.51. The van der Waals surface area contributed by atoms with Gasteiger partial charge in [-0.1, -0.05) is 19.9 Å². The summed E-state index contributed by atoms with van der Waals surface area (Å²) in [5.41, 5.74) is 5.90. The highest BCUT2D eigenvalue weighted by atomic mass is 19.1. The predicted octanol–water partition coefficient (Wildman–Crippen LogP) is 1.57. The molecular formula is C14H17FN2O2. The van der Waals surface area contributed by atoms with E-state index in [1.807, 2.05) is 0 Å². The van der Waals surface area contributed by atoms with Crippen LogP contribution in [0.4, 0.5) is 4.39 Å². The van der Waals surface area contributed by atoms with Crippen LogP contribution in [0.15, 0.2) is 18.2 Å². The first-order valence-electron chi connectivity index (χ1n) is 6.17. The third-order valence-electron chi connectivity index (χ3n) is 3.39. The molecule has 0 radical (unpaired) electrons. The minimum atomic E-state index is -0.695. The summed E-state index contributed by atoms with van der Waals surface area (Å²) in [6.45, 7) is 3.71. The Morgan fingerprint density at radius 1 is 1.37 bits per heavy atom. The van der Waals surface area contributed by atoms with Crippen LogP contribution < -0.4 is 5.73 Å². The fraction of sp³-hybridized carbons (Fsp3) is 0.429. The lowest BCUT2D eigenvalue weighted by atomic mass is 9.92. The van der Waals surface area contributed by atoms with E-state index < -0.39 is 11.2 Å². The molecular weight excluding hydrogens is 247 g/mol. The fourth-order valence-electron chi connectivity index (χ4n) is 2.23. The molecule has 1 aliphatic rings. The minimum absolute atomic E-state index is 0.0270. The van der Waals surface area contributed by atoms with E-state index in [9.17, 15) is 14.0 Å². The highest BCUT2D eigenvalue weighted by Gasteiger charge is 2.44. The Kier molecular flexibility index (Phi) is 3.41. The van der Waals surface area contributed by atoms with Gasteiger partial charge in [0.05, 0.1) is 12.0 Å². The van der Waals surface area contributed by atoms with Crippen molar-refractivity contribution >= 4 is 11.8 Å². The molecule has 4 nitrogen and oxygen atoms in total. The van der Waals surface area contributed by atoms with E-state index in [-0.39, 0.29) is 24.8 Å². The third-order valence-corrected chi connectivity index (χ3v) is 3.39. The van der Waals surface area contributed by atoms with Gasteiger partial charge in [-0.25, -0.2) is 4.39 Å². The second kappa shape index (κ2) is 4.74. The number of hydrogen-bond acceptors (Lipinski definition) is 3. The molecule has 0 saturated carbocycles. The maximum Gasteiger partial charge on any atom is 0.235 e. The molecule has 0 bridgehead atoms.